The number of hydrogen-bond acceptors (Lipinski definition) is 4. The molecule has 2 aromatic rings. The lowest BCUT2D eigenvalue weighted by atomic mass is 10.3. The quantitative estimate of drug-likeness (QED) is 0.891. The average Bonchev–Trinajstić information content (AvgIpc) is 2.90. The third kappa shape index (κ3) is 3.13. The van der Waals surface area contributed by atoms with Crippen molar-refractivity contribution >= 4 is 17.2 Å². The van der Waals surface area contributed by atoms with Gasteiger partial charge in [-0.1, -0.05) is 0 Å². The second kappa shape index (κ2) is 5.09. The first-order chi connectivity index (χ1) is 8.15. The molecule has 5 nitrogen and oxygen atoms in total. The molecule has 0 bridgehead atoms. The minimum absolute atomic E-state index is 0.0662. The van der Waals surface area contributed by atoms with E-state index in [1.807, 2.05) is 12.3 Å². The molecule has 17 heavy (non-hydrogen) atoms. The van der Waals surface area contributed by atoms with Gasteiger partial charge >= 0.3 is 0 Å². The minimum Gasteiger partial charge on any atom is -0.341 e. The Morgan fingerprint density at radius 2 is 2.41 bits per heavy atom. The first-order valence-corrected chi connectivity index (χ1v) is 6.16. The number of thiazole rings is 1. The molecule has 1 amide bonds. The summed E-state index contributed by atoms with van der Waals surface area (Å²) < 4.78 is 0. The summed E-state index contributed by atoms with van der Waals surface area (Å²) in [4.78, 5) is 17.9. The van der Waals surface area contributed by atoms with Crippen LogP contribution in [0.4, 0.5) is 0 Å². The molecule has 0 unspecified atom stereocenters. The molecule has 0 aromatic carbocycles. The summed E-state index contributed by atoms with van der Waals surface area (Å²) in [6, 6.07) is 0. The first kappa shape index (κ1) is 11.8. The number of aromatic nitrogens is 3. The highest BCUT2D eigenvalue weighted by atomic mass is 32.1. The zero-order chi connectivity index (χ0) is 12.3. The monoisotopic (exact) mass is 250 g/mol. The van der Waals surface area contributed by atoms with Gasteiger partial charge in [0.1, 0.15) is 0 Å². The molecule has 0 aliphatic heterocycles. The zero-order valence-corrected chi connectivity index (χ0v) is 10.6. The van der Waals surface area contributed by atoms with E-state index in [1.54, 1.807) is 35.7 Å². The summed E-state index contributed by atoms with van der Waals surface area (Å²) in [6.45, 7) is 2.51. The molecule has 90 valence electrons. The van der Waals surface area contributed by atoms with Crippen molar-refractivity contribution in [3.8, 4) is 0 Å². The molecular weight excluding hydrogens is 236 g/mol. The molecule has 0 aliphatic rings. The lowest BCUT2D eigenvalue weighted by Crippen LogP contribution is -2.27. The molecule has 0 radical (unpaired) electrons. The van der Waals surface area contributed by atoms with Crippen molar-refractivity contribution in [1.29, 1.82) is 0 Å². The first-order valence-electron chi connectivity index (χ1n) is 5.28. The van der Waals surface area contributed by atoms with Gasteiger partial charge in [-0.3, -0.25) is 9.89 Å². The number of hydrogen-bond donors (Lipinski definition) is 1. The van der Waals surface area contributed by atoms with Crippen LogP contribution < -0.4 is 0 Å². The predicted molar refractivity (Wildman–Crippen MR) is 65.6 cm³/mol. The van der Waals surface area contributed by atoms with Crippen molar-refractivity contribution in [2.24, 2.45) is 0 Å². The Bertz CT molecular complexity index is 491. The van der Waals surface area contributed by atoms with Gasteiger partial charge in [-0.05, 0) is 6.92 Å². The molecule has 0 spiro atoms. The van der Waals surface area contributed by atoms with Crippen molar-refractivity contribution in [3.05, 3.63) is 34.0 Å². The molecule has 0 aliphatic carbocycles. The van der Waals surface area contributed by atoms with Crippen LogP contribution in [0.5, 0.6) is 0 Å². The van der Waals surface area contributed by atoms with E-state index in [-0.39, 0.29) is 5.91 Å². The number of likely N-dealkylation sites (N-methyl/N-ethyl adjacent to an activating group) is 1. The van der Waals surface area contributed by atoms with Gasteiger partial charge in [0.05, 0.1) is 23.3 Å². The number of carbonyl (C=O) groups is 1. The molecular formula is C11H14N4OS. The van der Waals surface area contributed by atoms with Gasteiger partial charge in [-0.15, -0.1) is 11.3 Å². The van der Waals surface area contributed by atoms with E-state index in [1.165, 1.54) is 0 Å². The molecule has 2 heterocycles. The SMILES string of the molecule is Cc1nc(CC(=O)N(C)Cc2cn[nH]c2)cs1. The highest BCUT2D eigenvalue weighted by Crippen LogP contribution is 2.10. The van der Waals surface area contributed by atoms with Gasteiger partial charge in [-0.2, -0.15) is 5.10 Å². The lowest BCUT2D eigenvalue weighted by Gasteiger charge is -2.15. The Kier molecular flexibility index (Phi) is 3.53. The van der Waals surface area contributed by atoms with Gasteiger partial charge in [0.2, 0.25) is 5.91 Å². The summed E-state index contributed by atoms with van der Waals surface area (Å²) in [5.41, 5.74) is 1.84. The number of carbonyl (C=O) groups excluding carboxylic acids is 1. The smallest absolute Gasteiger partial charge is 0.228 e. The van der Waals surface area contributed by atoms with Crippen molar-refractivity contribution in [3.63, 3.8) is 0 Å². The summed E-state index contributed by atoms with van der Waals surface area (Å²) in [5.74, 6) is 0.0662. The third-order valence-corrected chi connectivity index (χ3v) is 3.22. The van der Waals surface area contributed by atoms with Crippen molar-refractivity contribution in [2.75, 3.05) is 7.05 Å². The second-order valence-corrected chi connectivity index (χ2v) is 4.95. The van der Waals surface area contributed by atoms with Gasteiger partial charge in [-0.25, -0.2) is 4.98 Å². The van der Waals surface area contributed by atoms with Crippen molar-refractivity contribution in [2.45, 2.75) is 19.9 Å². The van der Waals surface area contributed by atoms with E-state index < -0.39 is 0 Å². The van der Waals surface area contributed by atoms with E-state index in [0.717, 1.165) is 16.3 Å². The van der Waals surface area contributed by atoms with Crippen LogP contribution in [0.3, 0.4) is 0 Å². The largest absolute Gasteiger partial charge is 0.341 e. The van der Waals surface area contributed by atoms with Gasteiger partial charge in [0.15, 0.2) is 0 Å². The van der Waals surface area contributed by atoms with Crippen molar-refractivity contribution in [1.82, 2.24) is 20.1 Å². The summed E-state index contributed by atoms with van der Waals surface area (Å²) in [5, 5.41) is 9.50. The number of aromatic amines is 1. The Morgan fingerprint density at radius 3 is 3.00 bits per heavy atom. The number of rotatable bonds is 4. The fraction of sp³-hybridized carbons (Fsp3) is 0.364. The lowest BCUT2D eigenvalue weighted by molar-refractivity contribution is -0.129. The van der Waals surface area contributed by atoms with Crippen LogP contribution in [-0.4, -0.2) is 33.0 Å². The fourth-order valence-corrected chi connectivity index (χ4v) is 2.12. The van der Waals surface area contributed by atoms with E-state index in [4.69, 9.17) is 0 Å². The zero-order valence-electron chi connectivity index (χ0n) is 9.80. The Hall–Kier alpha value is -1.69. The average molecular weight is 250 g/mol. The predicted octanol–water partition coefficient (Wildman–Crippen LogP) is 1.38. The molecule has 6 heteroatoms. The number of H-pyrrole nitrogens is 1. The van der Waals surface area contributed by atoms with E-state index in [2.05, 4.69) is 15.2 Å². The normalized spacial score (nSPS) is 10.5. The van der Waals surface area contributed by atoms with E-state index in [0.29, 0.717) is 13.0 Å². The van der Waals surface area contributed by atoms with E-state index >= 15 is 0 Å². The van der Waals surface area contributed by atoms with Crippen LogP contribution in [0.1, 0.15) is 16.3 Å². The Labute approximate surface area is 103 Å². The minimum atomic E-state index is 0.0662. The van der Waals surface area contributed by atoms with Crippen LogP contribution in [0.15, 0.2) is 17.8 Å². The number of aryl methyl sites for hydroxylation is 1. The Morgan fingerprint density at radius 1 is 1.59 bits per heavy atom. The summed E-state index contributed by atoms with van der Waals surface area (Å²) in [7, 11) is 1.79. The van der Waals surface area contributed by atoms with E-state index in [9.17, 15) is 4.79 Å². The molecule has 0 saturated heterocycles. The third-order valence-electron chi connectivity index (χ3n) is 2.40. The topological polar surface area (TPSA) is 61.9 Å². The number of amides is 1. The summed E-state index contributed by atoms with van der Waals surface area (Å²) in [6.07, 6.45) is 3.87. The standard InChI is InChI=1S/C11H14N4OS/c1-8-14-10(7-17-8)3-11(16)15(2)6-9-4-12-13-5-9/h4-5,7H,3,6H2,1-2H3,(H,12,13). The molecule has 2 rings (SSSR count). The molecule has 2 aromatic heterocycles. The highest BCUT2D eigenvalue weighted by Gasteiger charge is 2.12. The summed E-state index contributed by atoms with van der Waals surface area (Å²) >= 11 is 1.57. The maximum absolute atomic E-state index is 11.9. The van der Waals surface area contributed by atoms with Crippen molar-refractivity contribution < 1.29 is 4.79 Å². The maximum atomic E-state index is 11.9. The highest BCUT2D eigenvalue weighted by molar-refractivity contribution is 7.09. The Balaban J connectivity index is 1.91. The van der Waals surface area contributed by atoms with Gasteiger partial charge in [0, 0.05) is 30.7 Å². The fourth-order valence-electron chi connectivity index (χ4n) is 1.51. The molecule has 0 saturated carbocycles. The van der Waals surface area contributed by atoms with Gasteiger partial charge < -0.3 is 4.90 Å². The van der Waals surface area contributed by atoms with Crippen LogP contribution in [0, 0.1) is 6.92 Å². The molecule has 0 atom stereocenters. The van der Waals surface area contributed by atoms with Crippen LogP contribution in [-0.2, 0) is 17.8 Å². The second-order valence-electron chi connectivity index (χ2n) is 3.89. The maximum Gasteiger partial charge on any atom is 0.228 e. The number of nitrogens with one attached hydrogen (secondary N) is 1. The molecule has 1 N–H and O–H groups in total. The number of nitrogens with zero attached hydrogens (tertiary/aromatic N) is 3. The van der Waals surface area contributed by atoms with Crippen LogP contribution >= 0.6 is 11.3 Å². The molecule has 0 fully saturated rings. The van der Waals surface area contributed by atoms with Crippen LogP contribution in [0.2, 0.25) is 0 Å². The van der Waals surface area contributed by atoms with Crippen LogP contribution in [0.25, 0.3) is 0 Å². The van der Waals surface area contributed by atoms with Gasteiger partial charge in [0.25, 0.3) is 0 Å².